The predicted octanol–water partition coefficient (Wildman–Crippen LogP) is 2.62. The van der Waals surface area contributed by atoms with Gasteiger partial charge in [-0.2, -0.15) is 5.10 Å². The van der Waals surface area contributed by atoms with Crippen molar-refractivity contribution >= 4 is 49.6 Å². The third-order valence-electron chi connectivity index (χ3n) is 2.94. The maximum atomic E-state index is 12.0. The van der Waals surface area contributed by atoms with E-state index in [9.17, 15) is 9.90 Å². The lowest BCUT2D eigenvalue weighted by Gasteiger charge is -2.04. The van der Waals surface area contributed by atoms with E-state index < -0.39 is 0 Å². The minimum atomic E-state index is -0.311. The highest BCUT2D eigenvalue weighted by molar-refractivity contribution is 9.11. The van der Waals surface area contributed by atoms with Crippen LogP contribution in [0.5, 0.6) is 5.75 Å². The molecule has 0 aliphatic carbocycles. The summed E-state index contributed by atoms with van der Waals surface area (Å²) in [6.07, 6.45) is 4.66. The second-order valence-electron chi connectivity index (χ2n) is 4.39. The molecule has 1 aromatic heterocycles. The summed E-state index contributed by atoms with van der Waals surface area (Å²) in [5.74, 6) is -0.211. The number of carbonyl (C=O) groups is 1. The molecule has 110 valence electrons. The van der Waals surface area contributed by atoms with Crippen LogP contribution >= 0.6 is 31.9 Å². The van der Waals surface area contributed by atoms with Gasteiger partial charge in [-0.05, 0) is 61.7 Å². The first kappa shape index (κ1) is 14.9. The van der Waals surface area contributed by atoms with Gasteiger partial charge in [0.15, 0.2) is 0 Å². The number of amides is 1. The smallest absolute Gasteiger partial charge is 0.273 e. The first-order valence-electron chi connectivity index (χ1n) is 6.11. The first-order valence-corrected chi connectivity index (χ1v) is 7.69. The highest BCUT2D eigenvalue weighted by Gasteiger charge is 2.25. The molecule has 0 saturated carbocycles. The van der Waals surface area contributed by atoms with E-state index in [1.54, 1.807) is 30.5 Å². The lowest BCUT2D eigenvalue weighted by Crippen LogP contribution is -2.14. The molecule has 0 radical (unpaired) electrons. The maximum Gasteiger partial charge on any atom is 0.273 e. The van der Waals surface area contributed by atoms with Gasteiger partial charge in [-0.15, -0.1) is 0 Å². The number of hydrogen-bond donors (Lipinski definition) is 2. The van der Waals surface area contributed by atoms with Crippen LogP contribution in [0.1, 0.15) is 11.3 Å². The summed E-state index contributed by atoms with van der Waals surface area (Å²) >= 11 is 6.52. The fourth-order valence-electron chi connectivity index (χ4n) is 1.93. The molecule has 0 spiro atoms. The van der Waals surface area contributed by atoms with E-state index in [4.69, 9.17) is 0 Å². The van der Waals surface area contributed by atoms with Gasteiger partial charge in [0.25, 0.3) is 5.91 Å². The number of nitrogens with one attached hydrogen (secondary N) is 1. The second-order valence-corrected chi connectivity index (χ2v) is 6.10. The molecule has 0 fully saturated rings. The molecule has 0 atom stereocenters. The average molecular weight is 424 g/mol. The Morgan fingerprint density at radius 1 is 1.23 bits per heavy atom. The molecule has 1 amide bonds. The van der Waals surface area contributed by atoms with Gasteiger partial charge in [0.05, 0.1) is 20.2 Å². The van der Waals surface area contributed by atoms with Crippen molar-refractivity contribution < 1.29 is 9.90 Å². The summed E-state index contributed by atoms with van der Waals surface area (Å²) in [6, 6.07) is 5.09. The number of benzene rings is 1. The third kappa shape index (κ3) is 2.79. The van der Waals surface area contributed by atoms with Gasteiger partial charge in [0, 0.05) is 6.20 Å². The number of aromatic hydroxyl groups is 1. The Bertz CT molecular complexity index is 796. The van der Waals surface area contributed by atoms with E-state index in [0.29, 0.717) is 25.9 Å². The standard InChI is InChI=1S/C14H8Br2N4O2/c15-9-4-7(5-10(16)13(9)21)3-8-12(19-20-14(8)22)11-1-2-17-6-18-11/h1-6,21H,(H,20,22). The predicted molar refractivity (Wildman–Crippen MR) is 88.2 cm³/mol. The molecule has 3 rings (SSSR count). The zero-order valence-corrected chi connectivity index (χ0v) is 14.1. The van der Waals surface area contributed by atoms with Gasteiger partial charge in [0.2, 0.25) is 0 Å². The van der Waals surface area contributed by atoms with E-state index in [1.165, 1.54) is 6.33 Å². The average Bonchev–Trinajstić information content (AvgIpc) is 2.87. The summed E-state index contributed by atoms with van der Waals surface area (Å²) in [5, 5.41) is 13.8. The Hall–Kier alpha value is -2.06. The molecule has 1 aromatic carbocycles. The Morgan fingerprint density at radius 2 is 1.95 bits per heavy atom. The van der Waals surface area contributed by atoms with Crippen molar-refractivity contribution in [2.75, 3.05) is 0 Å². The van der Waals surface area contributed by atoms with E-state index in [1.807, 2.05) is 0 Å². The van der Waals surface area contributed by atoms with Crippen molar-refractivity contribution in [1.82, 2.24) is 15.4 Å². The van der Waals surface area contributed by atoms with Gasteiger partial charge < -0.3 is 5.11 Å². The Kier molecular flexibility index (Phi) is 4.04. The number of halogens is 2. The molecule has 0 bridgehead atoms. The van der Waals surface area contributed by atoms with Gasteiger partial charge in [-0.1, -0.05) is 0 Å². The Morgan fingerprint density at radius 3 is 2.59 bits per heavy atom. The zero-order chi connectivity index (χ0) is 15.7. The van der Waals surface area contributed by atoms with Crippen LogP contribution in [-0.2, 0) is 4.79 Å². The summed E-state index contributed by atoms with van der Waals surface area (Å²) in [4.78, 5) is 19.9. The quantitative estimate of drug-likeness (QED) is 0.726. The fourth-order valence-corrected chi connectivity index (χ4v) is 3.15. The molecule has 8 heteroatoms. The molecule has 1 aliphatic heterocycles. The highest BCUT2D eigenvalue weighted by atomic mass is 79.9. The van der Waals surface area contributed by atoms with Crippen LogP contribution in [0, 0.1) is 0 Å². The van der Waals surface area contributed by atoms with Crippen LogP contribution in [0.2, 0.25) is 0 Å². The van der Waals surface area contributed by atoms with Crippen molar-refractivity contribution in [3.8, 4) is 5.75 Å². The fraction of sp³-hybridized carbons (Fsp3) is 0. The Balaban J connectivity index is 2.06. The lowest BCUT2D eigenvalue weighted by molar-refractivity contribution is -0.116. The van der Waals surface area contributed by atoms with Crippen LogP contribution in [0.4, 0.5) is 0 Å². The molecule has 6 nitrogen and oxygen atoms in total. The molecule has 0 saturated heterocycles. The summed E-state index contributed by atoms with van der Waals surface area (Å²) in [5.41, 5.74) is 4.55. The van der Waals surface area contributed by atoms with Crippen LogP contribution < -0.4 is 5.43 Å². The normalized spacial score (nSPS) is 15.8. The number of hydrogen-bond acceptors (Lipinski definition) is 5. The van der Waals surface area contributed by atoms with Crippen molar-refractivity contribution in [2.24, 2.45) is 5.10 Å². The Labute approximate surface area is 142 Å². The van der Waals surface area contributed by atoms with Crippen molar-refractivity contribution in [2.45, 2.75) is 0 Å². The summed E-state index contributed by atoms with van der Waals surface area (Å²) < 4.78 is 1.04. The molecule has 2 N–H and O–H groups in total. The van der Waals surface area contributed by atoms with E-state index in [2.05, 4.69) is 52.4 Å². The monoisotopic (exact) mass is 422 g/mol. The molecule has 2 aromatic rings. The van der Waals surface area contributed by atoms with E-state index in [0.717, 1.165) is 5.56 Å². The summed E-state index contributed by atoms with van der Waals surface area (Å²) in [6.45, 7) is 0. The lowest BCUT2D eigenvalue weighted by atomic mass is 10.0. The SMILES string of the molecule is O=C1NN=C(c2ccncn2)C1=Cc1cc(Br)c(O)c(Br)c1. The molecule has 22 heavy (non-hydrogen) atoms. The minimum absolute atomic E-state index is 0.0997. The van der Waals surface area contributed by atoms with Crippen LogP contribution in [0.3, 0.4) is 0 Å². The number of carbonyl (C=O) groups excluding carboxylic acids is 1. The number of hydrazone groups is 1. The van der Waals surface area contributed by atoms with Crippen molar-refractivity contribution in [1.29, 1.82) is 0 Å². The molecular formula is C14H8Br2N4O2. The largest absolute Gasteiger partial charge is 0.506 e. The van der Waals surface area contributed by atoms with Gasteiger partial charge >= 0.3 is 0 Å². The zero-order valence-electron chi connectivity index (χ0n) is 10.9. The highest BCUT2D eigenvalue weighted by Crippen LogP contribution is 2.34. The van der Waals surface area contributed by atoms with Crippen LogP contribution in [0.25, 0.3) is 6.08 Å². The van der Waals surface area contributed by atoms with Crippen LogP contribution in [0.15, 0.2) is 50.3 Å². The third-order valence-corrected chi connectivity index (χ3v) is 4.15. The number of nitrogens with zero attached hydrogens (tertiary/aromatic N) is 3. The number of phenols is 1. The maximum absolute atomic E-state index is 12.0. The van der Waals surface area contributed by atoms with E-state index >= 15 is 0 Å². The number of aromatic nitrogens is 2. The topological polar surface area (TPSA) is 87.5 Å². The van der Waals surface area contributed by atoms with Crippen LogP contribution in [-0.4, -0.2) is 26.7 Å². The molecule has 0 unspecified atom stereocenters. The van der Waals surface area contributed by atoms with E-state index in [-0.39, 0.29) is 11.7 Å². The molecule has 1 aliphatic rings. The first-order chi connectivity index (χ1) is 10.6. The van der Waals surface area contributed by atoms with Gasteiger partial charge in [-0.25, -0.2) is 15.4 Å². The van der Waals surface area contributed by atoms with Crippen molar-refractivity contribution in [3.63, 3.8) is 0 Å². The molecular weight excluding hydrogens is 416 g/mol. The van der Waals surface area contributed by atoms with Crippen molar-refractivity contribution in [3.05, 3.63) is 56.5 Å². The van der Waals surface area contributed by atoms with Gasteiger partial charge in [0.1, 0.15) is 17.8 Å². The number of rotatable bonds is 2. The van der Waals surface area contributed by atoms with Gasteiger partial charge in [-0.3, -0.25) is 4.79 Å². The summed E-state index contributed by atoms with van der Waals surface area (Å²) in [7, 11) is 0. The number of phenolic OH excluding ortho intramolecular Hbond substituents is 1. The second kappa shape index (κ2) is 5.98. The minimum Gasteiger partial charge on any atom is -0.506 e. The molecule has 2 heterocycles.